The van der Waals surface area contributed by atoms with Crippen LogP contribution in [0.1, 0.15) is 62.9 Å². The molecule has 0 saturated carbocycles. The number of benzene rings is 1. The lowest BCUT2D eigenvalue weighted by Crippen LogP contribution is -2.30. The summed E-state index contributed by atoms with van der Waals surface area (Å²) in [6, 6.07) is 10.3. The number of nitrogens with one attached hydrogen (secondary N) is 1. The van der Waals surface area contributed by atoms with Crippen molar-refractivity contribution in [2.45, 2.75) is 57.9 Å². The summed E-state index contributed by atoms with van der Waals surface area (Å²) in [5.74, 6) is 0.500. The van der Waals surface area contributed by atoms with Crippen molar-refractivity contribution < 1.29 is 9.21 Å². The van der Waals surface area contributed by atoms with E-state index in [4.69, 9.17) is 4.42 Å². The summed E-state index contributed by atoms with van der Waals surface area (Å²) in [7, 11) is 0. The molecule has 1 N–H and O–H groups in total. The lowest BCUT2D eigenvalue weighted by atomic mass is 10.1. The second-order valence-corrected chi connectivity index (χ2v) is 6.88. The lowest BCUT2D eigenvalue weighted by molar-refractivity contribution is -0.122. The highest BCUT2D eigenvalue weighted by atomic mass is 16.4. The highest BCUT2D eigenvalue weighted by molar-refractivity contribution is 5.76. The van der Waals surface area contributed by atoms with Crippen molar-refractivity contribution in [3.05, 3.63) is 41.8 Å². The molecular formula is C20H28N4O2. The number of rotatable bonds is 7. The third-order valence-electron chi connectivity index (χ3n) is 4.70. The summed E-state index contributed by atoms with van der Waals surface area (Å²) in [4.78, 5) is 14.3. The van der Waals surface area contributed by atoms with E-state index in [1.165, 1.54) is 12.8 Å². The van der Waals surface area contributed by atoms with Crippen LogP contribution in [0.3, 0.4) is 0 Å². The molecular weight excluding hydrogens is 328 g/mol. The van der Waals surface area contributed by atoms with Gasteiger partial charge in [0.25, 0.3) is 0 Å². The molecule has 6 heteroatoms. The zero-order valence-electron chi connectivity index (χ0n) is 15.5. The molecule has 1 aliphatic rings. The van der Waals surface area contributed by atoms with Gasteiger partial charge in [0.1, 0.15) is 6.04 Å². The predicted octanol–water partition coefficient (Wildman–Crippen LogP) is 3.65. The van der Waals surface area contributed by atoms with Crippen LogP contribution in [0, 0.1) is 0 Å². The lowest BCUT2D eigenvalue weighted by Gasteiger charge is -2.18. The second kappa shape index (κ2) is 9.36. The first-order chi connectivity index (χ1) is 12.8. The van der Waals surface area contributed by atoms with Crippen LogP contribution in [-0.4, -0.2) is 29.2 Å². The summed E-state index contributed by atoms with van der Waals surface area (Å²) in [5.41, 5.74) is 1.13. The number of carbonyl (C=O) groups excluding carboxylic acids is 1. The topological polar surface area (TPSA) is 71.3 Å². The van der Waals surface area contributed by atoms with Crippen molar-refractivity contribution in [1.29, 1.82) is 0 Å². The van der Waals surface area contributed by atoms with E-state index >= 15 is 0 Å². The number of hydrogen-bond acceptors (Lipinski definition) is 5. The minimum absolute atomic E-state index is 0.0166. The van der Waals surface area contributed by atoms with Gasteiger partial charge in [0.15, 0.2) is 0 Å². The molecule has 2 aromatic rings. The van der Waals surface area contributed by atoms with Crippen LogP contribution in [-0.2, 0) is 11.2 Å². The van der Waals surface area contributed by atoms with Gasteiger partial charge < -0.3 is 14.6 Å². The van der Waals surface area contributed by atoms with Crippen LogP contribution in [0.4, 0.5) is 6.01 Å². The molecule has 1 aromatic heterocycles. The highest BCUT2D eigenvalue weighted by Gasteiger charge is 2.23. The molecule has 1 atom stereocenters. The Balaban J connectivity index is 1.75. The monoisotopic (exact) mass is 356 g/mol. The molecule has 1 fully saturated rings. The SMILES string of the molecule is CCCC(=O)N[C@H](Cc1ccccc1)c1nnc(N2CCCCCC2)o1. The average Bonchev–Trinajstić information content (AvgIpc) is 2.98. The summed E-state index contributed by atoms with van der Waals surface area (Å²) in [6.45, 7) is 3.90. The quantitative estimate of drug-likeness (QED) is 0.820. The molecule has 1 amide bonds. The van der Waals surface area contributed by atoms with E-state index in [9.17, 15) is 4.79 Å². The largest absolute Gasteiger partial charge is 0.406 e. The molecule has 0 aliphatic carbocycles. The normalized spacial score (nSPS) is 16.1. The van der Waals surface area contributed by atoms with E-state index < -0.39 is 0 Å². The van der Waals surface area contributed by atoms with Crippen LogP contribution in [0.25, 0.3) is 0 Å². The first-order valence-electron chi connectivity index (χ1n) is 9.68. The van der Waals surface area contributed by atoms with Crippen LogP contribution >= 0.6 is 0 Å². The van der Waals surface area contributed by atoms with Crippen molar-refractivity contribution >= 4 is 11.9 Å². The Bertz CT molecular complexity index is 678. The summed E-state index contributed by atoms with van der Waals surface area (Å²) >= 11 is 0. The maximum absolute atomic E-state index is 12.2. The molecule has 1 saturated heterocycles. The summed E-state index contributed by atoms with van der Waals surface area (Å²) in [5, 5.41) is 11.6. The van der Waals surface area contributed by atoms with E-state index in [0.717, 1.165) is 37.9 Å². The molecule has 3 rings (SSSR count). The third kappa shape index (κ3) is 5.07. The van der Waals surface area contributed by atoms with Gasteiger partial charge in [0.05, 0.1) is 0 Å². The van der Waals surface area contributed by atoms with Gasteiger partial charge in [-0.3, -0.25) is 4.79 Å². The zero-order chi connectivity index (χ0) is 18.2. The predicted molar refractivity (Wildman–Crippen MR) is 101 cm³/mol. The van der Waals surface area contributed by atoms with Gasteiger partial charge in [-0.05, 0) is 24.8 Å². The third-order valence-corrected chi connectivity index (χ3v) is 4.70. The van der Waals surface area contributed by atoms with Gasteiger partial charge in [0, 0.05) is 25.9 Å². The van der Waals surface area contributed by atoms with Crippen molar-refractivity contribution in [3.63, 3.8) is 0 Å². The van der Waals surface area contributed by atoms with Gasteiger partial charge in [0.2, 0.25) is 11.8 Å². The molecule has 0 spiro atoms. The Morgan fingerprint density at radius 2 is 1.88 bits per heavy atom. The fraction of sp³-hybridized carbons (Fsp3) is 0.550. The standard InChI is InChI=1S/C20H28N4O2/c1-2-10-18(25)21-17(15-16-11-6-5-7-12-16)19-22-23-20(26-19)24-13-8-3-4-9-14-24/h5-7,11-12,17H,2-4,8-10,13-15H2,1H3,(H,21,25)/t17-/m1/s1. The Kier molecular flexibility index (Phi) is 6.63. The van der Waals surface area contributed by atoms with E-state index in [-0.39, 0.29) is 11.9 Å². The molecule has 0 radical (unpaired) electrons. The number of anilines is 1. The minimum Gasteiger partial charge on any atom is -0.406 e. The highest BCUT2D eigenvalue weighted by Crippen LogP contribution is 2.23. The smallest absolute Gasteiger partial charge is 0.318 e. The van der Waals surface area contributed by atoms with Gasteiger partial charge >= 0.3 is 6.01 Å². The molecule has 1 aromatic carbocycles. The van der Waals surface area contributed by atoms with Crippen LogP contribution in [0.15, 0.2) is 34.7 Å². The van der Waals surface area contributed by atoms with Crippen LogP contribution < -0.4 is 10.2 Å². The molecule has 0 unspecified atom stereocenters. The zero-order valence-corrected chi connectivity index (χ0v) is 15.5. The van der Waals surface area contributed by atoms with Gasteiger partial charge in [-0.25, -0.2) is 0 Å². The van der Waals surface area contributed by atoms with E-state index in [1.807, 2.05) is 37.3 Å². The molecule has 2 heterocycles. The van der Waals surface area contributed by atoms with E-state index in [0.29, 0.717) is 24.7 Å². The van der Waals surface area contributed by atoms with Crippen LogP contribution in [0.2, 0.25) is 0 Å². The Morgan fingerprint density at radius 3 is 2.58 bits per heavy atom. The molecule has 26 heavy (non-hydrogen) atoms. The number of amides is 1. The fourth-order valence-corrected chi connectivity index (χ4v) is 3.30. The maximum Gasteiger partial charge on any atom is 0.318 e. The Hall–Kier alpha value is -2.37. The first-order valence-corrected chi connectivity index (χ1v) is 9.68. The first kappa shape index (κ1) is 18.4. The second-order valence-electron chi connectivity index (χ2n) is 6.88. The number of aromatic nitrogens is 2. The molecule has 6 nitrogen and oxygen atoms in total. The summed E-state index contributed by atoms with van der Waals surface area (Å²) < 4.78 is 5.98. The van der Waals surface area contributed by atoms with Crippen molar-refractivity contribution in [2.24, 2.45) is 0 Å². The minimum atomic E-state index is -0.301. The molecule has 140 valence electrons. The molecule has 0 bridgehead atoms. The Labute approximate surface area is 155 Å². The number of nitrogens with zero attached hydrogens (tertiary/aromatic N) is 3. The molecule has 1 aliphatic heterocycles. The number of carbonyl (C=O) groups is 1. The fourth-order valence-electron chi connectivity index (χ4n) is 3.30. The van der Waals surface area contributed by atoms with Crippen molar-refractivity contribution in [3.8, 4) is 0 Å². The van der Waals surface area contributed by atoms with Crippen LogP contribution in [0.5, 0.6) is 0 Å². The van der Waals surface area contributed by atoms with E-state index in [1.54, 1.807) is 0 Å². The van der Waals surface area contributed by atoms with Crippen molar-refractivity contribution in [2.75, 3.05) is 18.0 Å². The van der Waals surface area contributed by atoms with Crippen molar-refractivity contribution in [1.82, 2.24) is 15.5 Å². The number of hydrogen-bond donors (Lipinski definition) is 1. The van der Waals surface area contributed by atoms with Gasteiger partial charge in [-0.2, -0.15) is 0 Å². The maximum atomic E-state index is 12.2. The Morgan fingerprint density at radius 1 is 1.15 bits per heavy atom. The van der Waals surface area contributed by atoms with E-state index in [2.05, 4.69) is 20.4 Å². The van der Waals surface area contributed by atoms with Gasteiger partial charge in [-0.1, -0.05) is 55.2 Å². The average molecular weight is 356 g/mol. The summed E-state index contributed by atoms with van der Waals surface area (Å²) in [6.07, 6.45) is 6.75. The van der Waals surface area contributed by atoms with Gasteiger partial charge in [-0.15, -0.1) is 5.10 Å².